The van der Waals surface area contributed by atoms with Gasteiger partial charge in [0, 0.05) is 54.0 Å². The van der Waals surface area contributed by atoms with Gasteiger partial charge in [-0.05, 0) is 58.7 Å². The van der Waals surface area contributed by atoms with Crippen LogP contribution in [0.5, 0.6) is 0 Å². The molecule has 4 rings (SSSR count). The largest absolute Gasteiger partial charge is 0.393 e. The molecule has 0 bridgehead atoms. The summed E-state index contributed by atoms with van der Waals surface area (Å²) in [7, 11) is 0. The van der Waals surface area contributed by atoms with E-state index in [0.717, 1.165) is 61.4 Å². The number of hydrogen-bond donors (Lipinski definition) is 3. The number of nitrogens with one attached hydrogen (secondary N) is 2. The number of nitrogen functional groups attached to an aromatic ring is 1. The number of anilines is 4. The molecule has 7 nitrogen and oxygen atoms in total. The molecule has 1 aromatic heterocycles. The summed E-state index contributed by atoms with van der Waals surface area (Å²) in [4.78, 5) is 13.6. The first kappa shape index (κ1) is 22.0. The van der Waals surface area contributed by atoms with Crippen LogP contribution in [0.25, 0.3) is 0 Å². The Morgan fingerprint density at radius 2 is 1.68 bits per heavy atom. The van der Waals surface area contributed by atoms with Crippen molar-refractivity contribution < 1.29 is 0 Å². The van der Waals surface area contributed by atoms with Crippen molar-refractivity contribution in [3.05, 3.63) is 35.6 Å². The number of nitrogens with two attached hydrogens (primary N) is 1. The van der Waals surface area contributed by atoms with Gasteiger partial charge < -0.3 is 26.2 Å². The van der Waals surface area contributed by atoms with Crippen LogP contribution in [0, 0.1) is 0 Å². The van der Waals surface area contributed by atoms with Crippen LogP contribution in [-0.4, -0.2) is 53.3 Å². The SMILES string of the molecule is CC1(C)CC(Nc2ncnc(N3CCN(c4cccc(Cl)c4)CC3)c2N)CC(C)(C)N1. The number of rotatable bonds is 4. The van der Waals surface area contributed by atoms with E-state index in [2.05, 4.69) is 64.2 Å². The maximum Gasteiger partial charge on any atom is 0.157 e. The summed E-state index contributed by atoms with van der Waals surface area (Å²) in [6, 6.07) is 8.32. The van der Waals surface area contributed by atoms with Gasteiger partial charge in [-0.3, -0.25) is 0 Å². The van der Waals surface area contributed by atoms with Gasteiger partial charge in [0.1, 0.15) is 12.0 Å². The Morgan fingerprint density at radius 3 is 2.32 bits per heavy atom. The van der Waals surface area contributed by atoms with Crippen LogP contribution in [0.3, 0.4) is 0 Å². The zero-order valence-corrected chi connectivity index (χ0v) is 19.7. The van der Waals surface area contributed by atoms with Crippen LogP contribution in [0.4, 0.5) is 23.0 Å². The number of piperazine rings is 1. The highest BCUT2D eigenvalue weighted by molar-refractivity contribution is 6.30. The Hall–Kier alpha value is -2.25. The lowest BCUT2D eigenvalue weighted by molar-refractivity contribution is 0.170. The van der Waals surface area contributed by atoms with Crippen LogP contribution in [-0.2, 0) is 0 Å². The van der Waals surface area contributed by atoms with Crippen molar-refractivity contribution in [1.29, 1.82) is 0 Å². The van der Waals surface area contributed by atoms with E-state index in [1.54, 1.807) is 6.33 Å². The maximum absolute atomic E-state index is 6.56. The second kappa shape index (κ2) is 8.36. The first-order valence-corrected chi connectivity index (χ1v) is 11.4. The van der Waals surface area contributed by atoms with Crippen molar-refractivity contribution in [2.24, 2.45) is 0 Å². The summed E-state index contributed by atoms with van der Waals surface area (Å²) in [5.74, 6) is 1.55. The quantitative estimate of drug-likeness (QED) is 0.663. The fourth-order valence-corrected chi connectivity index (χ4v) is 5.40. The molecule has 0 amide bonds. The van der Waals surface area contributed by atoms with Gasteiger partial charge >= 0.3 is 0 Å². The van der Waals surface area contributed by atoms with E-state index in [0.29, 0.717) is 11.7 Å². The highest BCUT2D eigenvalue weighted by atomic mass is 35.5. The van der Waals surface area contributed by atoms with E-state index in [1.807, 2.05) is 18.2 Å². The predicted octanol–water partition coefficient (Wildman–Crippen LogP) is 3.76. The fourth-order valence-electron chi connectivity index (χ4n) is 5.22. The molecule has 4 N–H and O–H groups in total. The molecule has 2 fully saturated rings. The van der Waals surface area contributed by atoms with Gasteiger partial charge in [-0.25, -0.2) is 9.97 Å². The molecular weight excluding hydrogens is 410 g/mol. The fraction of sp³-hybridized carbons (Fsp3) is 0.565. The second-order valence-electron chi connectivity index (χ2n) is 10.1. The van der Waals surface area contributed by atoms with E-state index >= 15 is 0 Å². The third-order valence-electron chi connectivity index (χ3n) is 6.15. The molecule has 2 saturated heterocycles. The van der Waals surface area contributed by atoms with E-state index in [4.69, 9.17) is 17.3 Å². The molecule has 1 aromatic carbocycles. The molecular formula is C23H34ClN7. The molecule has 0 atom stereocenters. The van der Waals surface area contributed by atoms with Crippen molar-refractivity contribution in [3.8, 4) is 0 Å². The summed E-state index contributed by atoms with van der Waals surface area (Å²) >= 11 is 6.16. The van der Waals surface area contributed by atoms with Crippen LogP contribution < -0.4 is 26.2 Å². The Bertz CT molecular complexity index is 906. The topological polar surface area (TPSA) is 82.3 Å². The summed E-state index contributed by atoms with van der Waals surface area (Å²) in [6.45, 7) is 12.5. The van der Waals surface area contributed by atoms with Crippen LogP contribution in [0.2, 0.25) is 5.02 Å². The van der Waals surface area contributed by atoms with E-state index in [1.165, 1.54) is 0 Å². The van der Waals surface area contributed by atoms with Crippen molar-refractivity contribution in [3.63, 3.8) is 0 Å². The molecule has 2 aromatic rings. The van der Waals surface area contributed by atoms with Crippen LogP contribution in [0.1, 0.15) is 40.5 Å². The molecule has 0 unspecified atom stereocenters. The second-order valence-corrected chi connectivity index (χ2v) is 10.5. The first-order valence-electron chi connectivity index (χ1n) is 11.0. The van der Waals surface area contributed by atoms with E-state index in [-0.39, 0.29) is 11.1 Å². The molecule has 0 aliphatic carbocycles. The molecule has 31 heavy (non-hydrogen) atoms. The minimum atomic E-state index is 0.0563. The van der Waals surface area contributed by atoms with E-state index in [9.17, 15) is 0 Å². The summed E-state index contributed by atoms with van der Waals surface area (Å²) in [5, 5.41) is 8.10. The molecule has 0 saturated carbocycles. The van der Waals surface area contributed by atoms with Crippen molar-refractivity contribution >= 4 is 34.6 Å². The Labute approximate surface area is 190 Å². The highest BCUT2D eigenvalue weighted by Gasteiger charge is 2.38. The lowest BCUT2D eigenvalue weighted by Gasteiger charge is -2.46. The van der Waals surface area contributed by atoms with Crippen molar-refractivity contribution in [2.45, 2.75) is 57.7 Å². The minimum Gasteiger partial charge on any atom is -0.393 e. The molecule has 0 radical (unpaired) electrons. The summed E-state index contributed by atoms with van der Waals surface area (Å²) in [5.41, 5.74) is 8.46. The average molecular weight is 444 g/mol. The van der Waals surface area contributed by atoms with Gasteiger partial charge in [0.15, 0.2) is 11.6 Å². The van der Waals surface area contributed by atoms with Crippen LogP contribution >= 0.6 is 11.6 Å². The standard InChI is InChI=1S/C23H34ClN7/c1-22(2)13-17(14-23(3,4)29-22)28-20-19(25)21(27-15-26-20)31-10-8-30(9-11-31)18-7-5-6-16(24)12-18/h5-7,12,15,17,29H,8-11,13-14,25H2,1-4H3,(H,26,27,28). The van der Waals surface area contributed by atoms with Gasteiger partial charge in [-0.15, -0.1) is 0 Å². The van der Waals surface area contributed by atoms with Crippen molar-refractivity contribution in [1.82, 2.24) is 15.3 Å². The molecule has 8 heteroatoms. The van der Waals surface area contributed by atoms with Gasteiger partial charge in [-0.2, -0.15) is 0 Å². The first-order chi connectivity index (χ1) is 14.6. The number of hydrogen-bond acceptors (Lipinski definition) is 7. The minimum absolute atomic E-state index is 0.0563. The predicted molar refractivity (Wildman–Crippen MR) is 130 cm³/mol. The van der Waals surface area contributed by atoms with Gasteiger partial charge in [-0.1, -0.05) is 17.7 Å². The van der Waals surface area contributed by atoms with E-state index < -0.39 is 0 Å². The number of halogens is 1. The number of aromatic nitrogens is 2. The third-order valence-corrected chi connectivity index (χ3v) is 6.38. The summed E-state index contributed by atoms with van der Waals surface area (Å²) in [6.07, 6.45) is 3.63. The van der Waals surface area contributed by atoms with Gasteiger partial charge in [0.25, 0.3) is 0 Å². The monoisotopic (exact) mass is 443 g/mol. The zero-order chi connectivity index (χ0) is 22.2. The molecule has 0 spiro atoms. The number of nitrogens with zero attached hydrogens (tertiary/aromatic N) is 4. The van der Waals surface area contributed by atoms with Crippen molar-refractivity contribution in [2.75, 3.05) is 47.0 Å². The highest BCUT2D eigenvalue weighted by Crippen LogP contribution is 2.33. The zero-order valence-electron chi connectivity index (χ0n) is 19.0. The third kappa shape index (κ3) is 5.15. The lowest BCUT2D eigenvalue weighted by Crippen LogP contribution is -2.60. The Balaban J connectivity index is 1.45. The number of piperidine rings is 1. The molecule has 168 valence electrons. The Morgan fingerprint density at radius 1 is 1.03 bits per heavy atom. The van der Waals surface area contributed by atoms with Crippen LogP contribution in [0.15, 0.2) is 30.6 Å². The van der Waals surface area contributed by atoms with Gasteiger partial charge in [0.05, 0.1) is 0 Å². The molecule has 2 aliphatic rings. The normalized spacial score (nSPS) is 21.2. The molecule has 2 aliphatic heterocycles. The smallest absolute Gasteiger partial charge is 0.157 e. The Kier molecular flexibility index (Phi) is 5.92. The number of benzene rings is 1. The summed E-state index contributed by atoms with van der Waals surface area (Å²) < 4.78 is 0. The van der Waals surface area contributed by atoms with Gasteiger partial charge in [0.2, 0.25) is 0 Å². The maximum atomic E-state index is 6.56. The molecule has 3 heterocycles. The average Bonchev–Trinajstić information content (AvgIpc) is 2.67. The lowest BCUT2D eigenvalue weighted by atomic mass is 9.79.